The molecule has 0 aliphatic rings. The number of nitrogens with zero attached hydrogens (tertiary/aromatic N) is 1. The number of hydrogen-bond acceptors (Lipinski definition) is 4. The standard InChI is InChI=1S/C17H22N2O2S/c1-13(17(20)18-11-15-8-6-10-22-15)19(2)12-14-7-4-5-9-16(14)21-3/h4-10,13H,11-12H2,1-3H3,(H,18,20)/t13-/m1/s1. The van der Waals surface area contributed by atoms with Gasteiger partial charge in [0.1, 0.15) is 5.75 Å². The van der Waals surface area contributed by atoms with Crippen molar-refractivity contribution in [3.05, 3.63) is 52.2 Å². The summed E-state index contributed by atoms with van der Waals surface area (Å²) in [7, 11) is 3.61. The summed E-state index contributed by atoms with van der Waals surface area (Å²) in [5.74, 6) is 0.881. The Kier molecular flexibility index (Phi) is 5.98. The third-order valence-corrected chi connectivity index (χ3v) is 4.55. The van der Waals surface area contributed by atoms with Gasteiger partial charge >= 0.3 is 0 Å². The highest BCUT2D eigenvalue weighted by Crippen LogP contribution is 2.19. The first kappa shape index (κ1) is 16.5. The van der Waals surface area contributed by atoms with Crippen LogP contribution in [0, 0.1) is 0 Å². The van der Waals surface area contributed by atoms with Crippen molar-refractivity contribution in [3.8, 4) is 5.75 Å². The van der Waals surface area contributed by atoms with Gasteiger partial charge in [-0.2, -0.15) is 0 Å². The number of amides is 1. The molecule has 0 spiro atoms. The number of nitrogens with one attached hydrogen (secondary N) is 1. The lowest BCUT2D eigenvalue weighted by Gasteiger charge is -2.24. The number of thiophene rings is 1. The number of hydrogen-bond donors (Lipinski definition) is 1. The van der Waals surface area contributed by atoms with E-state index in [1.165, 1.54) is 0 Å². The van der Waals surface area contributed by atoms with Gasteiger partial charge in [-0.3, -0.25) is 9.69 Å². The average molecular weight is 318 g/mol. The lowest BCUT2D eigenvalue weighted by molar-refractivity contribution is -0.125. The second-order valence-corrected chi connectivity index (χ2v) is 6.23. The largest absolute Gasteiger partial charge is 0.496 e. The number of rotatable bonds is 7. The van der Waals surface area contributed by atoms with Crippen LogP contribution in [0.5, 0.6) is 5.75 Å². The van der Waals surface area contributed by atoms with E-state index in [-0.39, 0.29) is 11.9 Å². The van der Waals surface area contributed by atoms with Gasteiger partial charge in [-0.15, -0.1) is 11.3 Å². The summed E-state index contributed by atoms with van der Waals surface area (Å²) in [5, 5.41) is 4.99. The molecule has 0 fully saturated rings. The summed E-state index contributed by atoms with van der Waals surface area (Å²) in [4.78, 5) is 15.4. The van der Waals surface area contributed by atoms with Crippen molar-refractivity contribution in [2.45, 2.75) is 26.1 Å². The molecule has 2 aromatic rings. The topological polar surface area (TPSA) is 41.6 Å². The number of benzene rings is 1. The first-order chi connectivity index (χ1) is 10.6. The molecule has 1 aromatic carbocycles. The van der Waals surface area contributed by atoms with E-state index >= 15 is 0 Å². The van der Waals surface area contributed by atoms with Gasteiger partial charge in [-0.25, -0.2) is 0 Å². The number of para-hydroxylation sites is 1. The summed E-state index contributed by atoms with van der Waals surface area (Å²) in [6.45, 7) is 3.17. The van der Waals surface area contributed by atoms with Crippen molar-refractivity contribution in [3.63, 3.8) is 0 Å². The van der Waals surface area contributed by atoms with Crippen LogP contribution in [0.4, 0.5) is 0 Å². The maximum atomic E-state index is 12.2. The predicted octanol–water partition coefficient (Wildman–Crippen LogP) is 2.89. The molecule has 1 N–H and O–H groups in total. The number of ether oxygens (including phenoxy) is 1. The fourth-order valence-electron chi connectivity index (χ4n) is 2.17. The maximum Gasteiger partial charge on any atom is 0.237 e. The maximum absolute atomic E-state index is 12.2. The summed E-state index contributed by atoms with van der Waals surface area (Å²) >= 11 is 1.65. The summed E-state index contributed by atoms with van der Waals surface area (Å²) in [5.41, 5.74) is 1.07. The van der Waals surface area contributed by atoms with Crippen LogP contribution in [-0.4, -0.2) is 31.0 Å². The lowest BCUT2D eigenvalue weighted by atomic mass is 10.1. The fourth-order valence-corrected chi connectivity index (χ4v) is 2.82. The highest BCUT2D eigenvalue weighted by molar-refractivity contribution is 7.09. The first-order valence-corrected chi connectivity index (χ1v) is 8.12. The molecular formula is C17H22N2O2S. The number of carbonyl (C=O) groups excluding carboxylic acids is 1. The molecule has 5 heteroatoms. The fraction of sp³-hybridized carbons (Fsp3) is 0.353. The van der Waals surface area contributed by atoms with Crippen molar-refractivity contribution in [2.75, 3.05) is 14.2 Å². The molecule has 0 unspecified atom stereocenters. The minimum atomic E-state index is -0.204. The van der Waals surface area contributed by atoms with E-state index in [0.717, 1.165) is 16.2 Å². The summed E-state index contributed by atoms with van der Waals surface area (Å²) in [6.07, 6.45) is 0. The van der Waals surface area contributed by atoms with Gasteiger partial charge in [-0.1, -0.05) is 24.3 Å². The minimum Gasteiger partial charge on any atom is -0.496 e. The van der Waals surface area contributed by atoms with Crippen LogP contribution in [0.25, 0.3) is 0 Å². The SMILES string of the molecule is COc1ccccc1CN(C)[C@H](C)C(=O)NCc1cccs1. The number of likely N-dealkylation sites (N-methyl/N-ethyl adjacent to an activating group) is 1. The highest BCUT2D eigenvalue weighted by Gasteiger charge is 2.19. The Balaban J connectivity index is 1.90. The normalized spacial score (nSPS) is 12.2. The zero-order chi connectivity index (χ0) is 15.9. The molecule has 0 bridgehead atoms. The Morgan fingerprint density at radius 1 is 1.32 bits per heavy atom. The third-order valence-electron chi connectivity index (χ3n) is 3.67. The van der Waals surface area contributed by atoms with Crippen molar-refractivity contribution in [1.82, 2.24) is 10.2 Å². The van der Waals surface area contributed by atoms with Crippen molar-refractivity contribution >= 4 is 17.2 Å². The molecule has 0 aliphatic heterocycles. The Morgan fingerprint density at radius 3 is 2.77 bits per heavy atom. The molecule has 1 heterocycles. The smallest absolute Gasteiger partial charge is 0.237 e. The van der Waals surface area contributed by atoms with E-state index in [2.05, 4.69) is 5.32 Å². The van der Waals surface area contributed by atoms with Crippen LogP contribution >= 0.6 is 11.3 Å². The molecule has 0 saturated heterocycles. The van der Waals surface area contributed by atoms with Gasteiger partial charge in [0.2, 0.25) is 5.91 Å². The molecule has 2 rings (SSSR count). The number of carbonyl (C=O) groups is 1. The molecule has 4 nitrogen and oxygen atoms in total. The summed E-state index contributed by atoms with van der Waals surface area (Å²) in [6, 6.07) is 11.7. The van der Waals surface area contributed by atoms with E-state index in [0.29, 0.717) is 13.1 Å². The van der Waals surface area contributed by atoms with Gasteiger partial charge in [0, 0.05) is 17.0 Å². The molecule has 1 atom stereocenters. The minimum absolute atomic E-state index is 0.0331. The molecule has 0 aliphatic carbocycles. The Labute approximate surface area is 135 Å². The van der Waals surface area contributed by atoms with Crippen molar-refractivity contribution in [1.29, 1.82) is 0 Å². The second-order valence-electron chi connectivity index (χ2n) is 5.20. The van der Waals surface area contributed by atoms with E-state index in [4.69, 9.17) is 4.74 Å². The second kappa shape index (κ2) is 7.96. The van der Waals surface area contributed by atoms with Crippen molar-refractivity contribution < 1.29 is 9.53 Å². The monoisotopic (exact) mass is 318 g/mol. The number of methoxy groups -OCH3 is 1. The zero-order valence-corrected chi connectivity index (χ0v) is 14.0. The first-order valence-electron chi connectivity index (χ1n) is 7.24. The zero-order valence-electron chi connectivity index (χ0n) is 13.2. The molecule has 0 radical (unpaired) electrons. The van der Waals surface area contributed by atoms with Gasteiger partial charge in [-0.05, 0) is 31.5 Å². The van der Waals surface area contributed by atoms with E-state index in [9.17, 15) is 4.79 Å². The molecule has 1 aromatic heterocycles. The Hall–Kier alpha value is -1.85. The lowest BCUT2D eigenvalue weighted by Crippen LogP contribution is -2.42. The quantitative estimate of drug-likeness (QED) is 0.853. The van der Waals surface area contributed by atoms with Crippen LogP contribution < -0.4 is 10.1 Å². The van der Waals surface area contributed by atoms with E-state index in [1.54, 1.807) is 18.4 Å². The Morgan fingerprint density at radius 2 is 2.09 bits per heavy atom. The van der Waals surface area contributed by atoms with Crippen LogP contribution in [0.2, 0.25) is 0 Å². The van der Waals surface area contributed by atoms with Crippen LogP contribution in [0.1, 0.15) is 17.4 Å². The third kappa shape index (κ3) is 4.32. The van der Waals surface area contributed by atoms with Gasteiger partial charge < -0.3 is 10.1 Å². The molecular weight excluding hydrogens is 296 g/mol. The van der Waals surface area contributed by atoms with Crippen LogP contribution in [0.15, 0.2) is 41.8 Å². The molecule has 118 valence electrons. The highest BCUT2D eigenvalue weighted by atomic mass is 32.1. The molecule has 0 saturated carbocycles. The van der Waals surface area contributed by atoms with Crippen LogP contribution in [0.3, 0.4) is 0 Å². The molecule has 1 amide bonds. The van der Waals surface area contributed by atoms with Gasteiger partial charge in [0.15, 0.2) is 0 Å². The van der Waals surface area contributed by atoms with Crippen LogP contribution in [-0.2, 0) is 17.9 Å². The van der Waals surface area contributed by atoms with E-state index < -0.39 is 0 Å². The average Bonchev–Trinajstić information content (AvgIpc) is 3.05. The predicted molar refractivity (Wildman–Crippen MR) is 90.1 cm³/mol. The molecule has 22 heavy (non-hydrogen) atoms. The Bertz CT molecular complexity index is 598. The van der Waals surface area contributed by atoms with Crippen molar-refractivity contribution in [2.24, 2.45) is 0 Å². The van der Waals surface area contributed by atoms with Gasteiger partial charge in [0.25, 0.3) is 0 Å². The van der Waals surface area contributed by atoms with E-state index in [1.807, 2.05) is 60.6 Å². The summed E-state index contributed by atoms with van der Waals surface area (Å²) < 4.78 is 5.36. The van der Waals surface area contributed by atoms with Gasteiger partial charge in [0.05, 0.1) is 19.7 Å².